The third-order valence-corrected chi connectivity index (χ3v) is 12.8. The molecular formula is C5H5Cl3F6O6S4. The lowest BCUT2D eigenvalue weighted by Gasteiger charge is -2.22. The molecule has 19 heteroatoms. The van der Waals surface area contributed by atoms with Crippen molar-refractivity contribution in [3.05, 3.63) is 0 Å². The summed E-state index contributed by atoms with van der Waals surface area (Å²) in [4.78, 5) is 0. The molecule has 0 fully saturated rings. The Hall–Kier alpha value is 0.650. The fraction of sp³-hybridized carbons (Fsp3) is 1.00. The van der Waals surface area contributed by atoms with E-state index < -0.39 is 63.6 Å². The highest BCUT2D eigenvalue weighted by Gasteiger charge is 2.67. The Morgan fingerprint density at radius 1 is 0.667 bits per heavy atom. The average Bonchev–Trinajstić information content (AvgIpc) is 2.21. The van der Waals surface area contributed by atoms with Crippen LogP contribution in [0.25, 0.3) is 0 Å². The van der Waals surface area contributed by atoms with E-state index in [4.69, 9.17) is 32.0 Å². The minimum atomic E-state index is -7.32. The zero-order valence-electron chi connectivity index (χ0n) is 10.5. The molecule has 0 rings (SSSR count). The van der Waals surface area contributed by atoms with Crippen molar-refractivity contribution >= 4 is 69.2 Å². The predicted octanol–water partition coefficient (Wildman–Crippen LogP) is 2.82. The van der Waals surface area contributed by atoms with E-state index in [1.165, 1.54) is 0 Å². The SMILES string of the molecule is O=S(=O)(CCS(Cl)(Cl)Cl)C(S(=O)(=O)C(F)(F)F)S(=O)(=O)C(F)(F)F. The fourth-order valence-electron chi connectivity index (χ4n) is 1.08. The van der Waals surface area contributed by atoms with Crippen molar-refractivity contribution < 1.29 is 51.6 Å². The van der Waals surface area contributed by atoms with Gasteiger partial charge in [-0.1, -0.05) is 0 Å². The van der Waals surface area contributed by atoms with E-state index in [-0.39, 0.29) is 0 Å². The van der Waals surface area contributed by atoms with Gasteiger partial charge in [0.1, 0.15) is 0 Å². The van der Waals surface area contributed by atoms with Crippen molar-refractivity contribution in [2.75, 3.05) is 11.5 Å². The number of alkyl halides is 6. The monoisotopic (exact) mass is 508 g/mol. The van der Waals surface area contributed by atoms with Gasteiger partial charge in [0.25, 0.3) is 23.6 Å². The number of halogens is 9. The van der Waals surface area contributed by atoms with E-state index in [9.17, 15) is 51.6 Å². The van der Waals surface area contributed by atoms with Crippen LogP contribution < -0.4 is 0 Å². The van der Waals surface area contributed by atoms with Crippen LogP contribution in [0.5, 0.6) is 0 Å². The highest BCUT2D eigenvalue weighted by Crippen LogP contribution is 2.63. The first-order valence-electron chi connectivity index (χ1n) is 4.79. The molecule has 0 bridgehead atoms. The molecule has 0 aromatic carbocycles. The maximum atomic E-state index is 12.4. The normalized spacial score (nSPS) is 16.4. The molecule has 0 amide bonds. The topological polar surface area (TPSA) is 102 Å². The van der Waals surface area contributed by atoms with E-state index in [1.807, 2.05) is 0 Å². The van der Waals surface area contributed by atoms with Gasteiger partial charge in [-0.25, -0.2) is 25.3 Å². The molecule has 0 saturated carbocycles. The first kappa shape index (κ1) is 24.7. The third-order valence-electron chi connectivity index (χ3n) is 2.04. The van der Waals surface area contributed by atoms with Crippen LogP contribution in [0.4, 0.5) is 26.3 Å². The van der Waals surface area contributed by atoms with Crippen molar-refractivity contribution in [1.82, 2.24) is 0 Å². The summed E-state index contributed by atoms with van der Waals surface area (Å²) in [5.74, 6) is -3.04. The van der Waals surface area contributed by atoms with E-state index in [1.54, 1.807) is 0 Å². The predicted molar refractivity (Wildman–Crippen MR) is 77.5 cm³/mol. The number of hydrogen-bond donors (Lipinski definition) is 0. The third kappa shape index (κ3) is 5.57. The van der Waals surface area contributed by atoms with Gasteiger partial charge in [-0.3, -0.25) is 0 Å². The summed E-state index contributed by atoms with van der Waals surface area (Å²) in [6, 6.07) is 0. The Bertz CT molecular complexity index is 732. The average molecular weight is 510 g/mol. The lowest BCUT2D eigenvalue weighted by molar-refractivity contribution is -0.0462. The Kier molecular flexibility index (Phi) is 7.18. The Morgan fingerprint density at radius 2 is 0.958 bits per heavy atom. The minimum Gasteiger partial charge on any atom is -0.226 e. The Labute approximate surface area is 147 Å². The summed E-state index contributed by atoms with van der Waals surface area (Å²) >= 11 is 0. The summed E-state index contributed by atoms with van der Waals surface area (Å²) < 4.78 is 138. The summed E-state index contributed by atoms with van der Waals surface area (Å²) in [5, 5.41) is 0. The van der Waals surface area contributed by atoms with Gasteiger partial charge in [-0.05, 0) is 39.7 Å². The summed E-state index contributed by atoms with van der Waals surface area (Å²) in [6.07, 6.45) is 0. The standard InChI is InChI=1S/C5H5Cl3F6O6S4/c6-22(7,8)2-1-21(15,16)3(23(17,18)4(9,10)11)24(19,20)5(12,13)14/h3H,1-2H2. The molecule has 148 valence electrons. The molecule has 0 saturated heterocycles. The number of rotatable bonds is 6. The van der Waals surface area contributed by atoms with Crippen LogP contribution in [-0.4, -0.2) is 51.7 Å². The Morgan fingerprint density at radius 3 is 1.17 bits per heavy atom. The molecule has 0 heterocycles. The quantitative estimate of drug-likeness (QED) is 0.510. The molecule has 0 N–H and O–H groups in total. The second-order valence-corrected chi connectivity index (χ2v) is 18.6. The molecule has 0 aromatic heterocycles. The Balaban J connectivity index is 6.54. The van der Waals surface area contributed by atoms with Gasteiger partial charge in [0.05, 0.1) is 5.75 Å². The summed E-state index contributed by atoms with van der Waals surface area (Å²) in [7, 11) is -8.62. The summed E-state index contributed by atoms with van der Waals surface area (Å²) in [5.41, 5.74) is -13.2. The van der Waals surface area contributed by atoms with Gasteiger partial charge in [-0.2, -0.15) is 26.3 Å². The fourth-order valence-corrected chi connectivity index (χ4v) is 11.4. The second-order valence-electron chi connectivity index (χ2n) is 3.84. The largest absolute Gasteiger partial charge is 0.499 e. The van der Waals surface area contributed by atoms with Gasteiger partial charge >= 0.3 is 11.0 Å². The van der Waals surface area contributed by atoms with Crippen LogP contribution in [0.2, 0.25) is 0 Å². The lowest BCUT2D eigenvalue weighted by Crippen LogP contribution is -2.50. The highest BCUT2D eigenvalue weighted by molar-refractivity contribution is 8.79. The number of hydrogen-bond acceptors (Lipinski definition) is 6. The van der Waals surface area contributed by atoms with Crippen LogP contribution in [0.3, 0.4) is 0 Å². The van der Waals surface area contributed by atoms with Crippen LogP contribution in [0.1, 0.15) is 0 Å². The van der Waals surface area contributed by atoms with Gasteiger partial charge in [-0.15, -0.1) is 0 Å². The zero-order valence-corrected chi connectivity index (χ0v) is 16.0. The molecule has 0 atom stereocenters. The highest BCUT2D eigenvalue weighted by atomic mass is 36.2. The van der Waals surface area contributed by atoms with Gasteiger partial charge in [0, 0.05) is 5.75 Å². The van der Waals surface area contributed by atoms with E-state index >= 15 is 0 Å². The maximum Gasteiger partial charge on any atom is 0.499 e. The zero-order chi connectivity index (χ0) is 20.0. The smallest absolute Gasteiger partial charge is 0.226 e. The van der Waals surface area contributed by atoms with Crippen molar-refractivity contribution in [2.24, 2.45) is 0 Å². The first-order valence-corrected chi connectivity index (χ1v) is 13.9. The van der Waals surface area contributed by atoms with Crippen LogP contribution in [-0.2, 0) is 29.5 Å². The first-order chi connectivity index (χ1) is 10.1. The van der Waals surface area contributed by atoms with Crippen molar-refractivity contribution in [3.63, 3.8) is 0 Å². The van der Waals surface area contributed by atoms with Gasteiger partial charge < -0.3 is 0 Å². The molecule has 0 aliphatic carbocycles. The van der Waals surface area contributed by atoms with Gasteiger partial charge in [0.2, 0.25) is 0 Å². The van der Waals surface area contributed by atoms with Crippen LogP contribution >= 0.6 is 39.7 Å². The van der Waals surface area contributed by atoms with E-state index in [0.29, 0.717) is 0 Å². The van der Waals surface area contributed by atoms with E-state index in [2.05, 4.69) is 0 Å². The molecule has 6 nitrogen and oxygen atoms in total. The van der Waals surface area contributed by atoms with Crippen LogP contribution in [0.15, 0.2) is 0 Å². The molecule has 0 spiro atoms. The molecule has 24 heavy (non-hydrogen) atoms. The van der Waals surface area contributed by atoms with Crippen molar-refractivity contribution in [1.29, 1.82) is 0 Å². The van der Waals surface area contributed by atoms with Crippen LogP contribution in [0, 0.1) is 0 Å². The maximum absolute atomic E-state index is 12.4. The molecule has 0 aliphatic heterocycles. The molecule has 0 radical (unpaired) electrons. The minimum absolute atomic E-state index is 1.18. The van der Waals surface area contributed by atoms with Gasteiger partial charge in [0.15, 0.2) is 9.84 Å². The van der Waals surface area contributed by atoms with E-state index in [0.717, 1.165) is 0 Å². The molecule has 0 aliphatic rings. The van der Waals surface area contributed by atoms with Crippen molar-refractivity contribution in [2.45, 2.75) is 14.9 Å². The molecule has 0 unspecified atom stereocenters. The van der Waals surface area contributed by atoms with Crippen molar-refractivity contribution in [3.8, 4) is 0 Å². The second kappa shape index (κ2) is 6.99. The molecular weight excluding hydrogens is 505 g/mol. The molecule has 0 aromatic rings. The summed E-state index contributed by atoms with van der Waals surface area (Å²) in [6.45, 7) is 0. The lowest BCUT2D eigenvalue weighted by atomic mass is 11.0. The number of sulfone groups is 3.